The molecule has 0 aromatic heterocycles. The number of halogens is 5. The van der Waals surface area contributed by atoms with Crippen molar-refractivity contribution in [3.05, 3.63) is 56.5 Å². The van der Waals surface area contributed by atoms with Crippen LogP contribution in [-0.2, 0) is 0 Å². The molecule has 0 aliphatic rings. The summed E-state index contributed by atoms with van der Waals surface area (Å²) in [5.41, 5.74) is 0.493. The molecule has 21 heavy (non-hydrogen) atoms. The van der Waals surface area contributed by atoms with Crippen LogP contribution >= 0.6 is 51.3 Å². The number of benzene rings is 2. The molecule has 0 atom stereocenters. The Labute approximate surface area is 143 Å². The quantitative estimate of drug-likeness (QED) is 0.606. The molecule has 2 aromatic rings. The van der Waals surface area contributed by atoms with Gasteiger partial charge >= 0.3 is 0 Å². The second-order valence-electron chi connectivity index (χ2n) is 3.95. The number of rotatable bonds is 2. The Balaban J connectivity index is 2.17. The minimum Gasteiger partial charge on any atom is -0.331 e. The van der Waals surface area contributed by atoms with Crippen molar-refractivity contribution < 1.29 is 8.78 Å². The molecule has 0 saturated carbocycles. The maximum atomic E-state index is 13.7. The molecule has 0 heterocycles. The summed E-state index contributed by atoms with van der Waals surface area (Å²) in [6.07, 6.45) is 0. The van der Waals surface area contributed by atoms with Gasteiger partial charge in [-0.05, 0) is 52.4 Å². The SMILES string of the molecule is Fc1cc(F)c(NC(=S)Nc2cc(Cl)ccc2Cl)c(Br)c1. The second-order valence-corrected chi connectivity index (χ2v) is 6.05. The maximum absolute atomic E-state index is 13.7. The van der Waals surface area contributed by atoms with Gasteiger partial charge in [-0.25, -0.2) is 8.78 Å². The Bertz CT molecular complexity index is 690. The van der Waals surface area contributed by atoms with E-state index in [2.05, 4.69) is 26.6 Å². The van der Waals surface area contributed by atoms with Crippen LogP contribution in [0.5, 0.6) is 0 Å². The highest BCUT2D eigenvalue weighted by Gasteiger charge is 2.12. The first-order chi connectivity index (χ1) is 9.86. The van der Waals surface area contributed by atoms with Crippen LogP contribution in [0.1, 0.15) is 0 Å². The Morgan fingerprint density at radius 3 is 2.48 bits per heavy atom. The lowest BCUT2D eigenvalue weighted by atomic mass is 10.3. The van der Waals surface area contributed by atoms with Gasteiger partial charge in [-0.2, -0.15) is 0 Å². The predicted molar refractivity (Wildman–Crippen MR) is 90.4 cm³/mol. The van der Waals surface area contributed by atoms with Crippen LogP contribution in [0.4, 0.5) is 20.2 Å². The average molecular weight is 412 g/mol. The summed E-state index contributed by atoms with van der Waals surface area (Å²) in [4.78, 5) is 0. The van der Waals surface area contributed by atoms with Gasteiger partial charge in [0.2, 0.25) is 0 Å². The Hall–Kier alpha value is -0.950. The molecule has 110 valence electrons. The summed E-state index contributed by atoms with van der Waals surface area (Å²) in [6.45, 7) is 0. The molecular weight excluding hydrogens is 405 g/mol. The summed E-state index contributed by atoms with van der Waals surface area (Å²) < 4.78 is 26.9. The Morgan fingerprint density at radius 2 is 1.81 bits per heavy atom. The molecule has 2 nitrogen and oxygen atoms in total. The minimum atomic E-state index is -0.775. The third-order valence-corrected chi connectivity index (χ3v) is 3.82. The molecule has 0 amide bonds. The third-order valence-electron chi connectivity index (χ3n) is 2.42. The molecule has 0 spiro atoms. The molecule has 8 heteroatoms. The van der Waals surface area contributed by atoms with E-state index in [9.17, 15) is 8.78 Å². The van der Waals surface area contributed by atoms with Crippen LogP contribution in [0.25, 0.3) is 0 Å². The van der Waals surface area contributed by atoms with Crippen molar-refractivity contribution >= 4 is 67.8 Å². The molecule has 0 unspecified atom stereocenters. The summed E-state index contributed by atoms with van der Waals surface area (Å²) in [5.74, 6) is -1.47. The lowest BCUT2D eigenvalue weighted by molar-refractivity contribution is 0.585. The van der Waals surface area contributed by atoms with E-state index in [1.807, 2.05) is 0 Å². The molecule has 2 rings (SSSR count). The van der Waals surface area contributed by atoms with Gasteiger partial charge in [0.15, 0.2) is 10.9 Å². The fourth-order valence-electron chi connectivity index (χ4n) is 1.52. The van der Waals surface area contributed by atoms with E-state index in [1.54, 1.807) is 18.2 Å². The number of anilines is 2. The Morgan fingerprint density at radius 1 is 1.10 bits per heavy atom. The monoisotopic (exact) mass is 410 g/mol. The van der Waals surface area contributed by atoms with E-state index >= 15 is 0 Å². The summed E-state index contributed by atoms with van der Waals surface area (Å²) in [6, 6.07) is 6.68. The molecule has 0 saturated heterocycles. The van der Waals surface area contributed by atoms with Crippen molar-refractivity contribution in [1.82, 2.24) is 0 Å². The summed E-state index contributed by atoms with van der Waals surface area (Å²) >= 11 is 20.0. The summed E-state index contributed by atoms with van der Waals surface area (Å²) in [7, 11) is 0. The lowest BCUT2D eigenvalue weighted by Gasteiger charge is -2.14. The molecular formula is C13H7BrCl2F2N2S. The fraction of sp³-hybridized carbons (Fsp3) is 0. The predicted octanol–water partition coefficient (Wildman–Crippen LogP) is 5.84. The number of hydrogen-bond acceptors (Lipinski definition) is 1. The standard InChI is InChI=1S/C13H7BrCl2F2N2S/c14-8-4-7(17)5-10(18)12(8)20-13(21)19-11-3-6(15)1-2-9(11)16/h1-5H,(H2,19,20,21). The van der Waals surface area contributed by atoms with Gasteiger partial charge in [0.1, 0.15) is 5.82 Å². The van der Waals surface area contributed by atoms with Crippen molar-refractivity contribution in [1.29, 1.82) is 0 Å². The van der Waals surface area contributed by atoms with Crippen LogP contribution < -0.4 is 10.6 Å². The van der Waals surface area contributed by atoms with Gasteiger partial charge in [0, 0.05) is 15.6 Å². The zero-order valence-corrected chi connectivity index (χ0v) is 14.1. The van der Waals surface area contributed by atoms with E-state index in [0.29, 0.717) is 15.7 Å². The number of hydrogen-bond donors (Lipinski definition) is 2. The van der Waals surface area contributed by atoms with Gasteiger partial charge in [-0.1, -0.05) is 23.2 Å². The van der Waals surface area contributed by atoms with E-state index in [0.717, 1.165) is 12.1 Å². The first-order valence-electron chi connectivity index (χ1n) is 5.54. The van der Waals surface area contributed by atoms with Crippen molar-refractivity contribution in [2.24, 2.45) is 0 Å². The first-order valence-corrected chi connectivity index (χ1v) is 7.50. The van der Waals surface area contributed by atoms with Crippen LogP contribution in [0.15, 0.2) is 34.8 Å². The molecule has 0 bridgehead atoms. The minimum absolute atomic E-state index is 0.0204. The smallest absolute Gasteiger partial charge is 0.175 e. The van der Waals surface area contributed by atoms with E-state index in [1.165, 1.54) is 0 Å². The topological polar surface area (TPSA) is 24.1 Å². The van der Waals surface area contributed by atoms with Gasteiger partial charge < -0.3 is 10.6 Å². The number of nitrogens with one attached hydrogen (secondary N) is 2. The van der Waals surface area contributed by atoms with Crippen molar-refractivity contribution in [2.75, 3.05) is 10.6 Å². The first kappa shape index (κ1) is 16.4. The highest BCUT2D eigenvalue weighted by Crippen LogP contribution is 2.28. The molecule has 2 N–H and O–H groups in total. The van der Waals surface area contributed by atoms with Crippen LogP contribution in [0, 0.1) is 11.6 Å². The zero-order chi connectivity index (χ0) is 15.6. The highest BCUT2D eigenvalue weighted by molar-refractivity contribution is 9.10. The maximum Gasteiger partial charge on any atom is 0.175 e. The third kappa shape index (κ3) is 4.26. The average Bonchev–Trinajstić information content (AvgIpc) is 2.38. The normalized spacial score (nSPS) is 10.3. The van der Waals surface area contributed by atoms with Crippen LogP contribution in [0.3, 0.4) is 0 Å². The van der Waals surface area contributed by atoms with Crippen molar-refractivity contribution in [2.45, 2.75) is 0 Å². The second kappa shape index (κ2) is 6.87. The van der Waals surface area contributed by atoms with Gasteiger partial charge in [0.25, 0.3) is 0 Å². The lowest BCUT2D eigenvalue weighted by Crippen LogP contribution is -2.20. The van der Waals surface area contributed by atoms with Crippen LogP contribution in [0.2, 0.25) is 10.0 Å². The van der Waals surface area contributed by atoms with Crippen molar-refractivity contribution in [3.63, 3.8) is 0 Å². The molecule has 0 fully saturated rings. The molecule has 0 radical (unpaired) electrons. The van der Waals surface area contributed by atoms with Crippen LogP contribution in [-0.4, -0.2) is 5.11 Å². The van der Waals surface area contributed by atoms with E-state index in [4.69, 9.17) is 35.4 Å². The molecule has 0 aliphatic carbocycles. The van der Waals surface area contributed by atoms with Gasteiger partial charge in [0.05, 0.1) is 16.4 Å². The number of thiocarbonyl (C=S) groups is 1. The largest absolute Gasteiger partial charge is 0.331 e. The fourth-order valence-corrected chi connectivity index (χ4v) is 2.58. The molecule has 2 aromatic carbocycles. The zero-order valence-electron chi connectivity index (χ0n) is 10.2. The van der Waals surface area contributed by atoms with Gasteiger partial charge in [-0.3, -0.25) is 0 Å². The van der Waals surface area contributed by atoms with E-state index < -0.39 is 11.6 Å². The summed E-state index contributed by atoms with van der Waals surface area (Å²) in [5, 5.41) is 6.39. The highest BCUT2D eigenvalue weighted by atomic mass is 79.9. The van der Waals surface area contributed by atoms with Gasteiger partial charge in [-0.15, -0.1) is 0 Å². The van der Waals surface area contributed by atoms with E-state index in [-0.39, 0.29) is 15.3 Å². The Kier molecular flexibility index (Phi) is 5.37. The molecule has 0 aliphatic heterocycles. The van der Waals surface area contributed by atoms with Crippen molar-refractivity contribution in [3.8, 4) is 0 Å².